The summed E-state index contributed by atoms with van der Waals surface area (Å²) in [4.78, 5) is 20.3. The van der Waals surface area contributed by atoms with Crippen LogP contribution in [0.25, 0.3) is 0 Å². The quantitative estimate of drug-likeness (QED) is 0.327. The van der Waals surface area contributed by atoms with Gasteiger partial charge >= 0.3 is 5.97 Å². The lowest BCUT2D eigenvalue weighted by Crippen LogP contribution is -2.00. The molecule has 0 unspecified atom stereocenters. The molecule has 0 aromatic carbocycles. The van der Waals surface area contributed by atoms with E-state index in [1.807, 2.05) is 0 Å². The minimum absolute atomic E-state index is 0.189. The van der Waals surface area contributed by atoms with Crippen molar-refractivity contribution in [2.75, 3.05) is 13.7 Å². The zero-order valence-corrected chi connectivity index (χ0v) is 7.25. The topological polar surface area (TPSA) is 52.6 Å². The Labute approximate surface area is 71.8 Å². The Balaban J connectivity index is 3.00. The zero-order chi connectivity index (χ0) is 9.23. The molecule has 0 heterocycles. The normalized spacial score (nSPS) is 9.08. The number of unbranched alkanes of at least 4 members (excludes halogenated alkanes) is 2. The second-order valence-electron chi connectivity index (χ2n) is 2.35. The van der Waals surface area contributed by atoms with Gasteiger partial charge in [-0.1, -0.05) is 0 Å². The van der Waals surface area contributed by atoms with Crippen molar-refractivity contribution in [1.82, 2.24) is 0 Å². The number of carbonyl (C=O) groups excluding carboxylic acids is 2. The summed E-state index contributed by atoms with van der Waals surface area (Å²) in [6.45, 7) is 0.866. The Morgan fingerprint density at radius 3 is 2.67 bits per heavy atom. The first-order chi connectivity index (χ1) is 5.81. The summed E-state index contributed by atoms with van der Waals surface area (Å²) in [5.74, 6) is -0.189. The number of methoxy groups -OCH3 is 1. The van der Waals surface area contributed by atoms with Crippen molar-refractivity contribution in [2.24, 2.45) is 0 Å². The van der Waals surface area contributed by atoms with E-state index in [1.165, 1.54) is 7.11 Å². The maximum Gasteiger partial charge on any atom is 0.305 e. The van der Waals surface area contributed by atoms with Crippen LogP contribution in [0, 0.1) is 0 Å². The molecule has 0 bridgehead atoms. The molecule has 0 rings (SSSR count). The van der Waals surface area contributed by atoms with Gasteiger partial charge in [-0.15, -0.1) is 0 Å². The summed E-state index contributed by atoms with van der Waals surface area (Å²) in [5.41, 5.74) is 0. The molecule has 0 atom stereocenters. The standard InChI is InChI=1S/C8H14O4/c1-11-8(10)5-3-2-4-6-12-7-9/h7H,2-6H2,1H3. The van der Waals surface area contributed by atoms with Crippen LogP contribution >= 0.6 is 0 Å². The molecule has 0 fully saturated rings. The van der Waals surface area contributed by atoms with E-state index in [0.717, 1.165) is 19.3 Å². The van der Waals surface area contributed by atoms with Crippen LogP contribution in [0.5, 0.6) is 0 Å². The van der Waals surface area contributed by atoms with Crippen LogP contribution < -0.4 is 0 Å². The second-order valence-corrected chi connectivity index (χ2v) is 2.35. The molecule has 0 saturated carbocycles. The molecule has 4 nitrogen and oxygen atoms in total. The molecule has 0 saturated heterocycles. The van der Waals surface area contributed by atoms with E-state index in [0.29, 0.717) is 19.5 Å². The highest BCUT2D eigenvalue weighted by Crippen LogP contribution is 2.00. The highest BCUT2D eigenvalue weighted by atomic mass is 16.5. The van der Waals surface area contributed by atoms with Crippen molar-refractivity contribution in [3.8, 4) is 0 Å². The maximum atomic E-state index is 10.6. The van der Waals surface area contributed by atoms with Crippen LogP contribution in [-0.4, -0.2) is 26.2 Å². The molecule has 0 aromatic heterocycles. The smallest absolute Gasteiger partial charge is 0.305 e. The van der Waals surface area contributed by atoms with Crippen LogP contribution in [0.4, 0.5) is 0 Å². The van der Waals surface area contributed by atoms with Gasteiger partial charge in [0.05, 0.1) is 13.7 Å². The van der Waals surface area contributed by atoms with Crippen LogP contribution in [0.15, 0.2) is 0 Å². The molecule has 70 valence electrons. The van der Waals surface area contributed by atoms with Crippen molar-refractivity contribution < 1.29 is 19.1 Å². The summed E-state index contributed by atoms with van der Waals surface area (Å²) in [5, 5.41) is 0. The first-order valence-corrected chi connectivity index (χ1v) is 3.93. The predicted octanol–water partition coefficient (Wildman–Crippen LogP) is 0.893. The van der Waals surface area contributed by atoms with Crippen molar-refractivity contribution in [2.45, 2.75) is 25.7 Å². The molecule has 0 amide bonds. The van der Waals surface area contributed by atoms with Gasteiger partial charge in [0.2, 0.25) is 0 Å². The molecule has 0 aliphatic carbocycles. The van der Waals surface area contributed by atoms with Gasteiger partial charge in [-0.3, -0.25) is 9.59 Å². The fourth-order valence-electron chi connectivity index (χ4n) is 0.782. The van der Waals surface area contributed by atoms with Crippen molar-refractivity contribution in [3.05, 3.63) is 0 Å². The first-order valence-electron chi connectivity index (χ1n) is 3.93. The van der Waals surface area contributed by atoms with Gasteiger partial charge in [-0.05, 0) is 19.3 Å². The molecule has 0 aliphatic rings. The summed E-state index contributed by atoms with van der Waals surface area (Å²) >= 11 is 0. The van der Waals surface area contributed by atoms with Gasteiger partial charge in [0, 0.05) is 6.42 Å². The zero-order valence-electron chi connectivity index (χ0n) is 7.25. The van der Waals surface area contributed by atoms with E-state index in [9.17, 15) is 9.59 Å². The number of ether oxygens (including phenoxy) is 2. The van der Waals surface area contributed by atoms with Crippen LogP contribution in [0.3, 0.4) is 0 Å². The molecule has 4 heteroatoms. The molecule has 12 heavy (non-hydrogen) atoms. The average Bonchev–Trinajstić information content (AvgIpc) is 2.10. The number of hydrogen-bond donors (Lipinski definition) is 0. The molecular formula is C8H14O4. The van der Waals surface area contributed by atoms with Gasteiger partial charge in [0.1, 0.15) is 0 Å². The Hall–Kier alpha value is -1.06. The molecule has 0 aromatic rings. The monoisotopic (exact) mass is 174 g/mol. The van der Waals surface area contributed by atoms with E-state index in [1.54, 1.807) is 0 Å². The molecule has 0 spiro atoms. The lowest BCUT2D eigenvalue weighted by Gasteiger charge is -1.99. The Kier molecular flexibility index (Phi) is 7.33. The van der Waals surface area contributed by atoms with E-state index < -0.39 is 0 Å². The predicted molar refractivity (Wildman–Crippen MR) is 42.5 cm³/mol. The third kappa shape index (κ3) is 7.05. The highest BCUT2D eigenvalue weighted by Gasteiger charge is 1.98. The largest absolute Gasteiger partial charge is 0.469 e. The van der Waals surface area contributed by atoms with Crippen LogP contribution in [0.1, 0.15) is 25.7 Å². The third-order valence-corrected chi connectivity index (χ3v) is 1.44. The van der Waals surface area contributed by atoms with Gasteiger partial charge in [-0.25, -0.2) is 0 Å². The number of hydrogen-bond acceptors (Lipinski definition) is 4. The molecule has 0 aliphatic heterocycles. The molecule has 0 radical (unpaired) electrons. The summed E-state index contributed by atoms with van der Waals surface area (Å²) in [6.07, 6.45) is 2.91. The fourth-order valence-corrected chi connectivity index (χ4v) is 0.782. The third-order valence-electron chi connectivity index (χ3n) is 1.44. The summed E-state index contributed by atoms with van der Waals surface area (Å²) in [6, 6.07) is 0. The Bertz CT molecular complexity index is 133. The summed E-state index contributed by atoms with van der Waals surface area (Å²) < 4.78 is 8.92. The minimum atomic E-state index is -0.189. The van der Waals surface area contributed by atoms with Crippen LogP contribution in [-0.2, 0) is 19.1 Å². The second kappa shape index (κ2) is 8.04. The maximum absolute atomic E-state index is 10.6. The van der Waals surface area contributed by atoms with Crippen molar-refractivity contribution in [1.29, 1.82) is 0 Å². The number of esters is 1. The number of carbonyl (C=O) groups is 2. The van der Waals surface area contributed by atoms with Gasteiger partial charge in [0.15, 0.2) is 0 Å². The molecule has 0 N–H and O–H groups in total. The van der Waals surface area contributed by atoms with Crippen molar-refractivity contribution in [3.63, 3.8) is 0 Å². The van der Waals surface area contributed by atoms with Gasteiger partial charge < -0.3 is 9.47 Å². The van der Waals surface area contributed by atoms with Crippen molar-refractivity contribution >= 4 is 12.4 Å². The van der Waals surface area contributed by atoms with Gasteiger partial charge in [0.25, 0.3) is 6.47 Å². The summed E-state index contributed by atoms with van der Waals surface area (Å²) in [7, 11) is 1.37. The minimum Gasteiger partial charge on any atom is -0.469 e. The van der Waals surface area contributed by atoms with E-state index in [-0.39, 0.29) is 5.97 Å². The first kappa shape index (κ1) is 10.9. The molecular weight excluding hydrogens is 160 g/mol. The fraction of sp³-hybridized carbons (Fsp3) is 0.750. The van der Waals surface area contributed by atoms with Crippen LogP contribution in [0.2, 0.25) is 0 Å². The van der Waals surface area contributed by atoms with E-state index >= 15 is 0 Å². The highest BCUT2D eigenvalue weighted by molar-refractivity contribution is 5.68. The average molecular weight is 174 g/mol. The van der Waals surface area contributed by atoms with E-state index in [4.69, 9.17) is 0 Å². The Morgan fingerprint density at radius 2 is 2.08 bits per heavy atom. The number of rotatable bonds is 7. The Morgan fingerprint density at radius 1 is 1.33 bits per heavy atom. The SMILES string of the molecule is COC(=O)CCCCCOC=O. The van der Waals surface area contributed by atoms with E-state index in [2.05, 4.69) is 9.47 Å². The van der Waals surface area contributed by atoms with Gasteiger partial charge in [-0.2, -0.15) is 0 Å². The lowest BCUT2D eigenvalue weighted by molar-refractivity contribution is -0.140. The lowest BCUT2D eigenvalue weighted by atomic mass is 10.2.